The van der Waals surface area contributed by atoms with Crippen molar-refractivity contribution in [2.75, 3.05) is 25.1 Å². The first-order valence-corrected chi connectivity index (χ1v) is 9.61. The first kappa shape index (κ1) is 20.2. The average Bonchev–Trinajstić information content (AvgIpc) is 3.12. The number of carbonyl (C=O) groups excluding carboxylic acids is 1. The minimum absolute atomic E-state index is 0.0670. The van der Waals surface area contributed by atoms with Gasteiger partial charge in [0.2, 0.25) is 0 Å². The van der Waals surface area contributed by atoms with Crippen LogP contribution in [-0.2, 0) is 4.74 Å². The number of ether oxygens (including phenoxy) is 1. The third-order valence-electron chi connectivity index (χ3n) is 4.89. The van der Waals surface area contributed by atoms with Gasteiger partial charge in [0.15, 0.2) is 5.65 Å². The number of amides is 1. The first-order valence-electron chi connectivity index (χ1n) is 9.61. The van der Waals surface area contributed by atoms with E-state index in [0.29, 0.717) is 35.9 Å². The monoisotopic (exact) mass is 414 g/mol. The number of halogens is 1. The van der Waals surface area contributed by atoms with E-state index in [1.165, 1.54) is 20.0 Å². The van der Waals surface area contributed by atoms with Crippen molar-refractivity contribution in [1.82, 2.24) is 24.9 Å². The van der Waals surface area contributed by atoms with Gasteiger partial charge in [-0.2, -0.15) is 5.10 Å². The number of carbonyl (C=O) groups is 1. The van der Waals surface area contributed by atoms with E-state index in [0.717, 1.165) is 0 Å². The van der Waals surface area contributed by atoms with Crippen LogP contribution in [0.5, 0.6) is 0 Å². The lowest BCUT2D eigenvalue weighted by Crippen LogP contribution is -2.43. The molecule has 4 heterocycles. The number of hydrogen-bond donors (Lipinski definition) is 3. The summed E-state index contributed by atoms with van der Waals surface area (Å²) in [4.78, 5) is 21.4. The lowest BCUT2D eigenvalue weighted by molar-refractivity contribution is -0.00178. The van der Waals surface area contributed by atoms with Crippen molar-refractivity contribution in [3.8, 4) is 11.4 Å². The Labute approximate surface area is 172 Å². The van der Waals surface area contributed by atoms with Gasteiger partial charge in [-0.15, -0.1) is 0 Å². The van der Waals surface area contributed by atoms with Crippen molar-refractivity contribution in [2.45, 2.75) is 31.7 Å². The molecule has 0 radical (unpaired) electrons. The van der Waals surface area contributed by atoms with Gasteiger partial charge in [0.25, 0.3) is 5.91 Å². The maximum atomic E-state index is 14.0. The lowest BCUT2D eigenvalue weighted by atomic mass is 10.0. The Morgan fingerprint density at radius 3 is 2.90 bits per heavy atom. The second-order valence-electron chi connectivity index (χ2n) is 7.76. The largest absolute Gasteiger partial charge is 0.387 e. The van der Waals surface area contributed by atoms with Crippen LogP contribution in [0.3, 0.4) is 0 Å². The summed E-state index contributed by atoms with van der Waals surface area (Å²) in [6.45, 7) is 3.46. The number of rotatable bonds is 7. The minimum Gasteiger partial charge on any atom is -0.387 e. The highest BCUT2D eigenvalue weighted by Gasteiger charge is 2.28. The molecule has 1 amide bonds. The molecule has 3 aromatic rings. The van der Waals surface area contributed by atoms with E-state index in [9.17, 15) is 14.3 Å². The maximum Gasteiger partial charge on any atom is 0.255 e. The molecule has 0 bridgehead atoms. The molecule has 0 aromatic carbocycles. The fourth-order valence-electron chi connectivity index (χ4n) is 2.97. The van der Waals surface area contributed by atoms with Crippen molar-refractivity contribution in [1.29, 1.82) is 0 Å². The zero-order valence-electron chi connectivity index (χ0n) is 16.7. The van der Waals surface area contributed by atoms with E-state index < -0.39 is 17.7 Å². The summed E-state index contributed by atoms with van der Waals surface area (Å²) in [5, 5.41) is 19.8. The fraction of sp³-hybridized carbons (Fsp3) is 0.400. The van der Waals surface area contributed by atoms with Gasteiger partial charge in [-0.25, -0.2) is 13.9 Å². The number of aromatic nitrogens is 4. The standard InChI is InChI=1S/C20H23FN6O3/c1-20(2,29)17(21)9-24-19(28)13-7-22-15(6-14(13)26-12-10-30-11-12)16-8-23-18-4-3-5-25-27(16)18/h3-8,12,17,29H,9-11H2,1-2H3,(H,22,26)(H,24,28)/t17-/m1/s1. The summed E-state index contributed by atoms with van der Waals surface area (Å²) in [6.07, 6.45) is 3.15. The summed E-state index contributed by atoms with van der Waals surface area (Å²) in [5.74, 6) is -0.486. The maximum absolute atomic E-state index is 14.0. The molecule has 9 nitrogen and oxygen atoms in total. The summed E-state index contributed by atoms with van der Waals surface area (Å²) in [6, 6.07) is 5.44. The number of fused-ring (bicyclic) bond motifs is 1. The normalized spacial score (nSPS) is 15.6. The highest BCUT2D eigenvalue weighted by atomic mass is 19.1. The van der Waals surface area contributed by atoms with E-state index in [2.05, 4.69) is 25.7 Å². The number of anilines is 1. The van der Waals surface area contributed by atoms with Gasteiger partial charge in [0.1, 0.15) is 11.9 Å². The Kier molecular flexibility index (Phi) is 5.35. The Bertz CT molecular complexity index is 1060. The van der Waals surface area contributed by atoms with Crippen molar-refractivity contribution in [3.63, 3.8) is 0 Å². The van der Waals surface area contributed by atoms with Crippen LogP contribution in [0, 0.1) is 0 Å². The molecule has 0 spiro atoms. The molecule has 10 heteroatoms. The van der Waals surface area contributed by atoms with Crippen molar-refractivity contribution >= 4 is 17.2 Å². The number of aliphatic hydroxyl groups is 1. The summed E-state index contributed by atoms with van der Waals surface area (Å²) >= 11 is 0. The Morgan fingerprint density at radius 1 is 1.40 bits per heavy atom. The molecule has 1 saturated heterocycles. The topological polar surface area (TPSA) is 114 Å². The van der Waals surface area contributed by atoms with Gasteiger partial charge in [0, 0.05) is 12.4 Å². The van der Waals surface area contributed by atoms with Crippen LogP contribution in [0.2, 0.25) is 0 Å². The van der Waals surface area contributed by atoms with Crippen LogP contribution in [0.4, 0.5) is 10.1 Å². The molecule has 1 atom stereocenters. The third kappa shape index (κ3) is 4.10. The molecule has 0 saturated carbocycles. The third-order valence-corrected chi connectivity index (χ3v) is 4.89. The van der Waals surface area contributed by atoms with Crippen molar-refractivity contribution < 1.29 is 19.0 Å². The van der Waals surface area contributed by atoms with E-state index in [-0.39, 0.29) is 18.2 Å². The van der Waals surface area contributed by atoms with Gasteiger partial charge < -0.3 is 20.5 Å². The molecule has 0 aliphatic carbocycles. The van der Waals surface area contributed by atoms with Crippen LogP contribution >= 0.6 is 0 Å². The number of imidazole rings is 1. The van der Waals surface area contributed by atoms with Gasteiger partial charge in [0.05, 0.1) is 54.5 Å². The molecule has 1 aliphatic rings. The molecular formula is C20H23FN6O3. The van der Waals surface area contributed by atoms with Gasteiger partial charge in [-0.3, -0.25) is 9.78 Å². The van der Waals surface area contributed by atoms with Gasteiger partial charge in [-0.05, 0) is 32.0 Å². The molecule has 0 unspecified atom stereocenters. The summed E-state index contributed by atoms with van der Waals surface area (Å²) < 4.78 is 20.9. The van der Waals surface area contributed by atoms with Crippen LogP contribution in [0.1, 0.15) is 24.2 Å². The first-order chi connectivity index (χ1) is 14.3. The lowest BCUT2D eigenvalue weighted by Gasteiger charge is -2.29. The molecule has 3 aromatic heterocycles. The molecule has 30 heavy (non-hydrogen) atoms. The van der Waals surface area contributed by atoms with Crippen molar-refractivity contribution in [3.05, 3.63) is 42.4 Å². The van der Waals surface area contributed by atoms with Gasteiger partial charge in [-0.1, -0.05) is 0 Å². The smallest absolute Gasteiger partial charge is 0.255 e. The van der Waals surface area contributed by atoms with E-state index in [4.69, 9.17) is 4.74 Å². The van der Waals surface area contributed by atoms with E-state index in [1.54, 1.807) is 29.0 Å². The molecule has 4 rings (SSSR count). The Morgan fingerprint density at radius 2 is 2.20 bits per heavy atom. The second kappa shape index (κ2) is 7.96. The highest BCUT2D eigenvalue weighted by Crippen LogP contribution is 2.25. The van der Waals surface area contributed by atoms with Gasteiger partial charge >= 0.3 is 0 Å². The Balaban J connectivity index is 1.62. The minimum atomic E-state index is -1.60. The predicted octanol–water partition coefficient (Wildman–Crippen LogP) is 1.44. The van der Waals surface area contributed by atoms with Crippen LogP contribution < -0.4 is 10.6 Å². The quantitative estimate of drug-likeness (QED) is 0.536. The second-order valence-corrected chi connectivity index (χ2v) is 7.76. The summed E-state index contributed by atoms with van der Waals surface area (Å²) in [5.41, 5.74) is 1.22. The predicted molar refractivity (Wildman–Crippen MR) is 108 cm³/mol. The summed E-state index contributed by atoms with van der Waals surface area (Å²) in [7, 11) is 0. The highest BCUT2D eigenvalue weighted by molar-refractivity contribution is 6.00. The average molecular weight is 414 g/mol. The molecule has 158 valence electrons. The zero-order chi connectivity index (χ0) is 21.3. The number of nitrogens with zero attached hydrogens (tertiary/aromatic N) is 4. The van der Waals surface area contributed by atoms with Crippen LogP contribution in [-0.4, -0.2) is 68.2 Å². The number of nitrogens with one attached hydrogen (secondary N) is 2. The molecule has 3 N–H and O–H groups in total. The Hall–Kier alpha value is -3.11. The fourth-order valence-corrected chi connectivity index (χ4v) is 2.97. The van der Waals surface area contributed by atoms with Crippen LogP contribution in [0.15, 0.2) is 36.8 Å². The number of alkyl halides is 1. The van der Waals surface area contributed by atoms with E-state index >= 15 is 0 Å². The number of hydrogen-bond acceptors (Lipinski definition) is 7. The van der Waals surface area contributed by atoms with Crippen LogP contribution in [0.25, 0.3) is 17.0 Å². The number of pyridine rings is 1. The molecule has 1 fully saturated rings. The zero-order valence-corrected chi connectivity index (χ0v) is 16.7. The molecular weight excluding hydrogens is 391 g/mol. The SMILES string of the molecule is CC(C)(O)[C@H](F)CNC(=O)c1cnc(-c2cnc3cccnn23)cc1NC1COC1. The van der Waals surface area contributed by atoms with Crippen molar-refractivity contribution in [2.24, 2.45) is 0 Å². The van der Waals surface area contributed by atoms with E-state index in [1.807, 2.05) is 6.07 Å². The molecule has 1 aliphatic heterocycles.